The Morgan fingerprint density at radius 3 is 2.62 bits per heavy atom. The maximum absolute atomic E-state index is 13.5. The van der Waals surface area contributed by atoms with Crippen LogP contribution in [0.5, 0.6) is 5.75 Å². The lowest BCUT2D eigenvalue weighted by molar-refractivity contribution is 0.307. The van der Waals surface area contributed by atoms with Gasteiger partial charge in [-0.25, -0.2) is 4.39 Å². The van der Waals surface area contributed by atoms with Gasteiger partial charge in [0, 0.05) is 11.6 Å². The molecule has 0 aliphatic heterocycles. The van der Waals surface area contributed by atoms with E-state index in [1.165, 1.54) is 12.1 Å². The number of ether oxygens (including phenoxy) is 1. The lowest BCUT2D eigenvalue weighted by Crippen LogP contribution is -1.97. The highest BCUT2D eigenvalue weighted by Gasteiger charge is 2.10. The summed E-state index contributed by atoms with van der Waals surface area (Å²) in [6, 6.07) is 15.8. The predicted molar refractivity (Wildman–Crippen MR) is 79.2 cm³/mol. The number of hydrogen-bond acceptors (Lipinski definition) is 3. The maximum atomic E-state index is 13.5. The number of nitrogens with two attached hydrogens (primary N) is 1. The fraction of sp³-hybridized carbons (Fsp3) is 0.0625. The highest BCUT2D eigenvalue weighted by atomic mass is 19.1. The van der Waals surface area contributed by atoms with Crippen molar-refractivity contribution in [2.24, 2.45) is 0 Å². The van der Waals surface area contributed by atoms with Crippen molar-refractivity contribution in [2.45, 2.75) is 6.61 Å². The Kier molecular flexibility index (Phi) is 3.55. The average Bonchev–Trinajstić information content (AvgIpc) is 2.93. The number of rotatable bonds is 4. The summed E-state index contributed by atoms with van der Waals surface area (Å²) in [6.07, 6.45) is 0. The predicted octanol–water partition coefficient (Wildman–Crippen LogP) is 3.38. The first-order valence-corrected chi connectivity index (χ1v) is 6.50. The van der Waals surface area contributed by atoms with Crippen LogP contribution in [-0.4, -0.2) is 10.2 Å². The van der Waals surface area contributed by atoms with Crippen molar-refractivity contribution in [3.05, 3.63) is 66.0 Å². The summed E-state index contributed by atoms with van der Waals surface area (Å²) < 4.78 is 19.3. The molecule has 5 heteroatoms. The van der Waals surface area contributed by atoms with E-state index in [4.69, 9.17) is 10.5 Å². The van der Waals surface area contributed by atoms with E-state index in [0.717, 1.165) is 5.56 Å². The lowest BCUT2D eigenvalue weighted by Gasteiger charge is -2.10. The smallest absolute Gasteiger partial charge is 0.145 e. The molecule has 0 saturated heterocycles. The molecular formula is C16H14FN3O. The fourth-order valence-electron chi connectivity index (χ4n) is 2.05. The molecule has 0 unspecified atom stereocenters. The van der Waals surface area contributed by atoms with Gasteiger partial charge in [-0.15, -0.1) is 0 Å². The molecule has 1 heterocycles. The molecule has 0 spiro atoms. The highest BCUT2D eigenvalue weighted by molar-refractivity contribution is 5.69. The Balaban J connectivity index is 1.88. The van der Waals surface area contributed by atoms with Crippen molar-refractivity contribution >= 4 is 5.82 Å². The quantitative estimate of drug-likeness (QED) is 0.771. The Morgan fingerprint density at radius 1 is 1.10 bits per heavy atom. The van der Waals surface area contributed by atoms with E-state index in [0.29, 0.717) is 29.4 Å². The minimum Gasteiger partial charge on any atom is -0.488 e. The van der Waals surface area contributed by atoms with Gasteiger partial charge in [0.05, 0.1) is 5.69 Å². The third-order valence-corrected chi connectivity index (χ3v) is 3.07. The zero-order chi connectivity index (χ0) is 14.7. The van der Waals surface area contributed by atoms with Crippen LogP contribution < -0.4 is 10.5 Å². The van der Waals surface area contributed by atoms with Gasteiger partial charge in [-0.2, -0.15) is 5.10 Å². The van der Waals surface area contributed by atoms with E-state index in [1.807, 2.05) is 30.3 Å². The molecule has 3 rings (SSSR count). The molecule has 0 bridgehead atoms. The van der Waals surface area contributed by atoms with Crippen LogP contribution in [0.25, 0.3) is 11.3 Å². The molecule has 1 aromatic heterocycles. The molecule has 2 aromatic carbocycles. The Hall–Kier alpha value is -2.82. The summed E-state index contributed by atoms with van der Waals surface area (Å²) >= 11 is 0. The summed E-state index contributed by atoms with van der Waals surface area (Å²) in [6.45, 7) is 0.406. The van der Waals surface area contributed by atoms with Gasteiger partial charge in [0.15, 0.2) is 0 Å². The van der Waals surface area contributed by atoms with Gasteiger partial charge in [-0.05, 0) is 23.8 Å². The summed E-state index contributed by atoms with van der Waals surface area (Å²) in [5, 5.41) is 6.62. The standard InChI is InChI=1S/C16H14FN3O/c17-12-6-7-15(21-10-11-4-2-1-3-5-11)13(8-12)14-9-16(18)20-19-14/h1-9H,10H2,(H3,18,19,20). The minimum absolute atomic E-state index is 0.342. The Labute approximate surface area is 121 Å². The first-order chi connectivity index (χ1) is 10.2. The van der Waals surface area contributed by atoms with Crippen LogP contribution in [-0.2, 0) is 6.61 Å². The fourth-order valence-corrected chi connectivity index (χ4v) is 2.05. The van der Waals surface area contributed by atoms with Gasteiger partial charge in [0.1, 0.15) is 24.0 Å². The third-order valence-electron chi connectivity index (χ3n) is 3.07. The minimum atomic E-state index is -0.342. The van der Waals surface area contributed by atoms with E-state index in [1.54, 1.807) is 12.1 Å². The molecule has 0 amide bonds. The maximum Gasteiger partial charge on any atom is 0.145 e. The highest BCUT2D eigenvalue weighted by Crippen LogP contribution is 2.30. The molecule has 0 aliphatic carbocycles. The first-order valence-electron chi connectivity index (χ1n) is 6.50. The number of hydrogen-bond donors (Lipinski definition) is 2. The Bertz CT molecular complexity index is 740. The summed E-state index contributed by atoms with van der Waals surface area (Å²) in [7, 11) is 0. The van der Waals surface area contributed by atoms with Gasteiger partial charge in [-0.3, -0.25) is 5.10 Å². The van der Waals surface area contributed by atoms with Crippen LogP contribution in [0.1, 0.15) is 5.56 Å². The molecule has 0 fully saturated rings. The van der Waals surface area contributed by atoms with Gasteiger partial charge >= 0.3 is 0 Å². The van der Waals surface area contributed by atoms with Crippen LogP contribution >= 0.6 is 0 Å². The number of benzene rings is 2. The largest absolute Gasteiger partial charge is 0.488 e. The monoisotopic (exact) mass is 283 g/mol. The van der Waals surface area contributed by atoms with Crippen molar-refractivity contribution in [2.75, 3.05) is 5.73 Å². The molecule has 0 saturated carbocycles. The van der Waals surface area contributed by atoms with Gasteiger partial charge in [0.25, 0.3) is 0 Å². The number of nitrogen functional groups attached to an aromatic ring is 1. The number of anilines is 1. The SMILES string of the molecule is Nc1cc(-c2cc(F)ccc2OCc2ccccc2)[nH]n1. The number of nitrogens with one attached hydrogen (secondary N) is 1. The number of aromatic nitrogens is 2. The van der Waals surface area contributed by atoms with E-state index >= 15 is 0 Å². The topological polar surface area (TPSA) is 63.9 Å². The van der Waals surface area contributed by atoms with Crippen molar-refractivity contribution in [3.8, 4) is 17.0 Å². The van der Waals surface area contributed by atoms with Gasteiger partial charge in [0.2, 0.25) is 0 Å². The Morgan fingerprint density at radius 2 is 1.90 bits per heavy atom. The molecule has 0 radical (unpaired) electrons. The zero-order valence-electron chi connectivity index (χ0n) is 11.2. The second kappa shape index (κ2) is 5.66. The first kappa shape index (κ1) is 13.2. The summed E-state index contributed by atoms with van der Waals surface area (Å²) in [4.78, 5) is 0. The van der Waals surface area contributed by atoms with Gasteiger partial charge < -0.3 is 10.5 Å². The molecule has 3 aromatic rings. The molecule has 0 aliphatic rings. The molecule has 106 valence electrons. The van der Waals surface area contributed by atoms with Crippen LogP contribution in [0.4, 0.5) is 10.2 Å². The van der Waals surface area contributed by atoms with Crippen molar-refractivity contribution in [1.82, 2.24) is 10.2 Å². The molecule has 3 N–H and O–H groups in total. The van der Waals surface area contributed by atoms with Crippen molar-refractivity contribution in [1.29, 1.82) is 0 Å². The number of H-pyrrole nitrogens is 1. The number of aromatic amines is 1. The average molecular weight is 283 g/mol. The van der Waals surface area contributed by atoms with E-state index < -0.39 is 0 Å². The second-order valence-electron chi connectivity index (χ2n) is 4.62. The molecular weight excluding hydrogens is 269 g/mol. The second-order valence-corrected chi connectivity index (χ2v) is 4.62. The molecule has 0 atom stereocenters. The number of halogens is 1. The zero-order valence-corrected chi connectivity index (χ0v) is 11.2. The van der Waals surface area contributed by atoms with Crippen LogP contribution in [0.3, 0.4) is 0 Å². The van der Waals surface area contributed by atoms with Crippen LogP contribution in [0.2, 0.25) is 0 Å². The summed E-state index contributed by atoms with van der Waals surface area (Å²) in [5.41, 5.74) is 7.84. The van der Waals surface area contributed by atoms with E-state index in [-0.39, 0.29) is 5.82 Å². The lowest BCUT2D eigenvalue weighted by atomic mass is 10.1. The molecule has 4 nitrogen and oxygen atoms in total. The third kappa shape index (κ3) is 3.02. The van der Waals surface area contributed by atoms with Crippen molar-refractivity contribution < 1.29 is 9.13 Å². The summed E-state index contributed by atoms with van der Waals surface area (Å²) in [5.74, 6) is 0.581. The van der Waals surface area contributed by atoms with Crippen LogP contribution in [0.15, 0.2) is 54.6 Å². The van der Waals surface area contributed by atoms with Crippen LogP contribution in [0, 0.1) is 5.82 Å². The van der Waals surface area contributed by atoms with Gasteiger partial charge in [-0.1, -0.05) is 30.3 Å². The number of nitrogens with zero attached hydrogens (tertiary/aromatic N) is 1. The van der Waals surface area contributed by atoms with Crippen molar-refractivity contribution in [3.63, 3.8) is 0 Å². The van der Waals surface area contributed by atoms with E-state index in [2.05, 4.69) is 10.2 Å². The van der Waals surface area contributed by atoms with E-state index in [9.17, 15) is 4.39 Å². The normalized spacial score (nSPS) is 10.5. The molecule has 21 heavy (non-hydrogen) atoms.